The van der Waals surface area contributed by atoms with Crippen molar-refractivity contribution in [1.82, 2.24) is 9.55 Å². The van der Waals surface area contributed by atoms with Crippen LogP contribution in [0, 0.1) is 6.92 Å². The van der Waals surface area contributed by atoms with Crippen LogP contribution in [0.25, 0.3) is 0 Å². The third kappa shape index (κ3) is 2.88. The van der Waals surface area contributed by atoms with Crippen molar-refractivity contribution in [2.75, 3.05) is 0 Å². The Kier molecular flexibility index (Phi) is 3.75. The van der Waals surface area contributed by atoms with E-state index in [2.05, 4.69) is 4.98 Å². The summed E-state index contributed by atoms with van der Waals surface area (Å²) in [6.07, 6.45) is 1.77. The van der Waals surface area contributed by atoms with Crippen molar-refractivity contribution in [3.8, 4) is 0 Å². The van der Waals surface area contributed by atoms with E-state index in [0.717, 1.165) is 11.8 Å². The van der Waals surface area contributed by atoms with Crippen LogP contribution in [0.5, 0.6) is 0 Å². The molecule has 0 saturated carbocycles. The van der Waals surface area contributed by atoms with Gasteiger partial charge in [0.05, 0.1) is 0 Å². The first-order chi connectivity index (χ1) is 9.09. The Balaban J connectivity index is 2.28. The lowest BCUT2D eigenvalue weighted by Gasteiger charge is -2.09. The Hall–Kier alpha value is -2.43. The zero-order valence-corrected chi connectivity index (χ0v) is 10.5. The molecule has 19 heavy (non-hydrogen) atoms. The molecule has 1 heterocycles. The van der Waals surface area contributed by atoms with Gasteiger partial charge in [0.15, 0.2) is 0 Å². The van der Waals surface area contributed by atoms with Crippen molar-refractivity contribution in [2.45, 2.75) is 19.9 Å². The fourth-order valence-corrected chi connectivity index (χ4v) is 1.87. The number of rotatable bonds is 4. The fourth-order valence-electron chi connectivity index (χ4n) is 1.87. The van der Waals surface area contributed by atoms with E-state index in [-0.39, 0.29) is 5.56 Å². The molecule has 2 rings (SSSR count). The first kappa shape index (κ1) is 13.0. The van der Waals surface area contributed by atoms with Crippen molar-refractivity contribution in [2.24, 2.45) is 0 Å². The standard InChI is InChI=1S/C14H14N2O3/c1-10-15-9-12(14(18)19)13(17)16(10)8-7-11-5-3-2-4-6-11/h2-6,9H,7-8H2,1H3,(H,18,19). The molecule has 2 aromatic rings. The van der Waals surface area contributed by atoms with Gasteiger partial charge in [0, 0.05) is 12.7 Å². The van der Waals surface area contributed by atoms with E-state index in [1.54, 1.807) is 6.92 Å². The average molecular weight is 258 g/mol. The second kappa shape index (κ2) is 5.48. The van der Waals surface area contributed by atoms with Crippen molar-refractivity contribution < 1.29 is 9.90 Å². The molecular formula is C14H14N2O3. The topological polar surface area (TPSA) is 72.2 Å². The van der Waals surface area contributed by atoms with Crippen LogP contribution in [-0.2, 0) is 13.0 Å². The molecule has 0 amide bonds. The monoisotopic (exact) mass is 258 g/mol. The van der Waals surface area contributed by atoms with E-state index in [4.69, 9.17) is 5.11 Å². The average Bonchev–Trinajstić information content (AvgIpc) is 2.39. The molecule has 0 unspecified atom stereocenters. The minimum atomic E-state index is -1.24. The maximum absolute atomic E-state index is 12.0. The smallest absolute Gasteiger partial charge is 0.342 e. The molecule has 1 aromatic heterocycles. The van der Waals surface area contributed by atoms with Crippen LogP contribution in [0.2, 0.25) is 0 Å². The molecule has 0 aliphatic rings. The summed E-state index contributed by atoms with van der Waals surface area (Å²) in [6.45, 7) is 2.11. The summed E-state index contributed by atoms with van der Waals surface area (Å²) in [5.74, 6) is -0.725. The Bertz CT molecular complexity index is 647. The lowest BCUT2D eigenvalue weighted by molar-refractivity contribution is 0.0693. The number of aryl methyl sites for hydroxylation is 2. The molecule has 1 aromatic carbocycles. The number of carbonyl (C=O) groups is 1. The van der Waals surface area contributed by atoms with Crippen molar-refractivity contribution in [3.63, 3.8) is 0 Å². The van der Waals surface area contributed by atoms with Crippen molar-refractivity contribution in [1.29, 1.82) is 0 Å². The number of hydrogen-bond donors (Lipinski definition) is 1. The Morgan fingerprint density at radius 3 is 2.63 bits per heavy atom. The van der Waals surface area contributed by atoms with Crippen LogP contribution in [0.15, 0.2) is 41.3 Å². The van der Waals surface area contributed by atoms with Crippen LogP contribution < -0.4 is 5.56 Å². The van der Waals surface area contributed by atoms with E-state index >= 15 is 0 Å². The molecule has 0 aliphatic carbocycles. The highest BCUT2D eigenvalue weighted by molar-refractivity contribution is 5.86. The van der Waals surface area contributed by atoms with Crippen LogP contribution in [0.1, 0.15) is 21.7 Å². The van der Waals surface area contributed by atoms with Crippen LogP contribution in [0.3, 0.4) is 0 Å². The second-order valence-corrected chi connectivity index (χ2v) is 4.22. The van der Waals surface area contributed by atoms with E-state index in [9.17, 15) is 9.59 Å². The van der Waals surface area contributed by atoms with Gasteiger partial charge in [0.2, 0.25) is 0 Å². The van der Waals surface area contributed by atoms with E-state index < -0.39 is 11.5 Å². The summed E-state index contributed by atoms with van der Waals surface area (Å²) in [4.78, 5) is 26.9. The fraction of sp³-hybridized carbons (Fsp3) is 0.214. The number of aromatic carboxylic acids is 1. The molecule has 0 bridgehead atoms. The quantitative estimate of drug-likeness (QED) is 0.901. The van der Waals surface area contributed by atoms with Gasteiger partial charge in [-0.25, -0.2) is 9.78 Å². The summed E-state index contributed by atoms with van der Waals surface area (Å²) in [5, 5.41) is 8.91. The van der Waals surface area contributed by atoms with Crippen LogP contribution in [0.4, 0.5) is 0 Å². The second-order valence-electron chi connectivity index (χ2n) is 4.22. The Labute approximate surface area is 110 Å². The molecule has 0 radical (unpaired) electrons. The number of carboxylic acid groups (broad SMARTS) is 1. The number of benzene rings is 1. The largest absolute Gasteiger partial charge is 0.477 e. The molecule has 5 heteroatoms. The van der Waals surface area contributed by atoms with Gasteiger partial charge in [0.1, 0.15) is 11.4 Å². The lowest BCUT2D eigenvalue weighted by Crippen LogP contribution is -2.29. The molecule has 1 N–H and O–H groups in total. The summed E-state index contributed by atoms with van der Waals surface area (Å²) in [7, 11) is 0. The minimum absolute atomic E-state index is 0.293. The summed E-state index contributed by atoms with van der Waals surface area (Å²) >= 11 is 0. The maximum Gasteiger partial charge on any atom is 0.342 e. The summed E-state index contributed by atoms with van der Waals surface area (Å²) < 4.78 is 1.40. The highest BCUT2D eigenvalue weighted by Gasteiger charge is 2.13. The van der Waals surface area contributed by atoms with E-state index in [1.807, 2.05) is 30.3 Å². The molecule has 0 aliphatic heterocycles. The molecule has 98 valence electrons. The first-order valence-electron chi connectivity index (χ1n) is 5.93. The predicted molar refractivity (Wildman–Crippen MR) is 70.3 cm³/mol. The molecule has 5 nitrogen and oxygen atoms in total. The summed E-state index contributed by atoms with van der Waals surface area (Å²) in [5.41, 5.74) is 0.295. The van der Waals surface area contributed by atoms with Gasteiger partial charge >= 0.3 is 5.97 Å². The molecule has 0 spiro atoms. The normalized spacial score (nSPS) is 10.4. The Morgan fingerprint density at radius 1 is 1.32 bits per heavy atom. The number of nitrogens with zero attached hydrogens (tertiary/aromatic N) is 2. The maximum atomic E-state index is 12.0. The predicted octanol–water partition coefficient (Wildman–Crippen LogP) is 1.49. The highest BCUT2D eigenvalue weighted by atomic mass is 16.4. The van der Waals surface area contributed by atoms with Crippen LogP contribution >= 0.6 is 0 Å². The molecular weight excluding hydrogens is 244 g/mol. The molecule has 0 saturated heterocycles. The molecule has 0 fully saturated rings. The zero-order chi connectivity index (χ0) is 13.8. The van der Waals surface area contributed by atoms with Crippen molar-refractivity contribution in [3.05, 3.63) is 63.8 Å². The highest BCUT2D eigenvalue weighted by Crippen LogP contribution is 2.02. The Morgan fingerprint density at radius 2 is 2.00 bits per heavy atom. The first-order valence-corrected chi connectivity index (χ1v) is 5.93. The van der Waals surface area contributed by atoms with Gasteiger partial charge in [-0.05, 0) is 18.9 Å². The number of hydrogen-bond acceptors (Lipinski definition) is 3. The number of aromatic nitrogens is 2. The van der Waals surface area contributed by atoms with E-state index in [1.165, 1.54) is 4.57 Å². The van der Waals surface area contributed by atoms with Gasteiger partial charge in [-0.2, -0.15) is 0 Å². The van der Waals surface area contributed by atoms with Crippen LogP contribution in [-0.4, -0.2) is 20.6 Å². The molecule has 0 atom stereocenters. The SMILES string of the molecule is Cc1ncc(C(=O)O)c(=O)n1CCc1ccccc1. The lowest BCUT2D eigenvalue weighted by atomic mass is 10.1. The van der Waals surface area contributed by atoms with Crippen molar-refractivity contribution >= 4 is 5.97 Å². The van der Waals surface area contributed by atoms with Gasteiger partial charge in [-0.3, -0.25) is 9.36 Å². The van der Waals surface area contributed by atoms with E-state index in [0.29, 0.717) is 18.8 Å². The van der Waals surface area contributed by atoms with Gasteiger partial charge in [0.25, 0.3) is 5.56 Å². The third-order valence-electron chi connectivity index (χ3n) is 2.94. The zero-order valence-electron chi connectivity index (χ0n) is 10.5. The summed E-state index contributed by atoms with van der Waals surface area (Å²) in [6, 6.07) is 9.71. The van der Waals surface area contributed by atoms with Gasteiger partial charge in [-0.15, -0.1) is 0 Å². The third-order valence-corrected chi connectivity index (χ3v) is 2.94. The van der Waals surface area contributed by atoms with Gasteiger partial charge < -0.3 is 5.11 Å². The number of carboxylic acids is 1. The minimum Gasteiger partial charge on any atom is -0.477 e. The van der Waals surface area contributed by atoms with Gasteiger partial charge in [-0.1, -0.05) is 30.3 Å².